The van der Waals surface area contributed by atoms with Gasteiger partial charge in [-0.3, -0.25) is 9.78 Å². The van der Waals surface area contributed by atoms with Crippen molar-refractivity contribution in [1.29, 1.82) is 0 Å². The molecule has 2 aliphatic carbocycles. The van der Waals surface area contributed by atoms with Crippen LogP contribution in [-0.2, 0) is 10.0 Å². The Morgan fingerprint density at radius 3 is 2.71 bits per heavy atom. The predicted molar refractivity (Wildman–Crippen MR) is 177 cm³/mol. The van der Waals surface area contributed by atoms with Crippen molar-refractivity contribution in [3.63, 3.8) is 0 Å². The molecule has 2 aromatic carbocycles. The number of aromatic nitrogens is 3. The summed E-state index contributed by atoms with van der Waals surface area (Å²) in [5.74, 6) is 0.994. The number of nitrogens with one attached hydrogen (secondary N) is 4. The van der Waals surface area contributed by atoms with E-state index in [1.165, 1.54) is 18.4 Å². The maximum atomic E-state index is 13.9. The van der Waals surface area contributed by atoms with Crippen molar-refractivity contribution in [1.82, 2.24) is 25.0 Å². The van der Waals surface area contributed by atoms with E-state index < -0.39 is 16.1 Å². The molecule has 0 saturated heterocycles. The van der Waals surface area contributed by atoms with Gasteiger partial charge in [-0.1, -0.05) is 37.6 Å². The molecule has 3 aromatic heterocycles. The summed E-state index contributed by atoms with van der Waals surface area (Å²) in [6.07, 6.45) is 4.32. The van der Waals surface area contributed by atoms with Crippen LogP contribution in [0.2, 0.25) is 4.34 Å². The zero-order valence-electron chi connectivity index (χ0n) is 25.0. The van der Waals surface area contributed by atoms with Crippen LogP contribution in [-0.4, -0.2) is 42.9 Å². The number of rotatable bonds is 10. The maximum Gasteiger partial charge on any atom is 0.256 e. The summed E-state index contributed by atoms with van der Waals surface area (Å²) in [4.78, 5) is 26.6. The molecule has 0 radical (unpaired) electrons. The Hall–Kier alpha value is -3.71. The first kappa shape index (κ1) is 30.0. The van der Waals surface area contributed by atoms with Gasteiger partial charge in [0, 0.05) is 40.5 Å². The van der Waals surface area contributed by atoms with E-state index >= 15 is 0 Å². The van der Waals surface area contributed by atoms with Gasteiger partial charge in [-0.15, -0.1) is 11.3 Å². The fraction of sp³-hybridized carbons (Fsp3) is 0.344. The monoisotopic (exact) mass is 664 g/mol. The number of benzene rings is 2. The normalized spacial score (nSPS) is 18.1. The molecule has 5 aromatic rings. The van der Waals surface area contributed by atoms with E-state index in [0.717, 1.165) is 40.5 Å². The van der Waals surface area contributed by atoms with Gasteiger partial charge < -0.3 is 20.4 Å². The number of ether oxygens (including phenoxy) is 1. The largest absolute Gasteiger partial charge is 0.493 e. The van der Waals surface area contributed by atoms with Crippen LogP contribution in [0.5, 0.6) is 5.75 Å². The van der Waals surface area contributed by atoms with Gasteiger partial charge in [-0.05, 0) is 60.6 Å². The number of anilines is 1. The van der Waals surface area contributed by atoms with Crippen molar-refractivity contribution < 1.29 is 17.9 Å². The third-order valence-electron chi connectivity index (χ3n) is 8.40. The van der Waals surface area contributed by atoms with Gasteiger partial charge in [-0.2, -0.15) is 0 Å². The molecule has 7 rings (SSSR count). The highest BCUT2D eigenvalue weighted by Crippen LogP contribution is 2.48. The summed E-state index contributed by atoms with van der Waals surface area (Å²) in [7, 11) is -2.42. The lowest BCUT2D eigenvalue weighted by Crippen LogP contribution is -2.29. The molecule has 0 spiro atoms. The number of amides is 1. The molecule has 4 N–H and O–H groups in total. The Bertz CT molecular complexity index is 2020. The molecule has 2 aliphatic rings. The first-order chi connectivity index (χ1) is 21.6. The number of sulfonamides is 1. The smallest absolute Gasteiger partial charge is 0.256 e. The third kappa shape index (κ3) is 5.65. The van der Waals surface area contributed by atoms with Crippen LogP contribution in [0.4, 0.5) is 5.95 Å². The first-order valence-corrected chi connectivity index (χ1v) is 17.7. The van der Waals surface area contributed by atoms with Crippen LogP contribution in [0.3, 0.4) is 0 Å². The van der Waals surface area contributed by atoms with Gasteiger partial charge in [0.1, 0.15) is 4.34 Å². The number of carbonyl (C=O) groups is 1. The van der Waals surface area contributed by atoms with E-state index in [-0.39, 0.29) is 22.8 Å². The van der Waals surface area contributed by atoms with Crippen LogP contribution in [0.1, 0.15) is 78.3 Å². The highest BCUT2D eigenvalue weighted by atomic mass is 35.5. The van der Waals surface area contributed by atoms with E-state index in [2.05, 4.69) is 20.3 Å². The topological polar surface area (TPSA) is 138 Å². The molecular formula is C32H33ClN6O4S2. The molecule has 0 aliphatic heterocycles. The first-order valence-electron chi connectivity index (χ1n) is 14.9. The number of para-hydroxylation sites is 2. The Balaban J connectivity index is 1.37. The number of aromatic amines is 1. The van der Waals surface area contributed by atoms with Crippen LogP contribution in [0.15, 0.2) is 52.9 Å². The highest BCUT2D eigenvalue weighted by molar-refractivity contribution is 7.89. The zero-order valence-corrected chi connectivity index (χ0v) is 27.4. The Kier molecular flexibility index (Phi) is 7.71. The van der Waals surface area contributed by atoms with Crippen LogP contribution >= 0.6 is 22.9 Å². The lowest BCUT2D eigenvalue weighted by Gasteiger charge is -2.19. The van der Waals surface area contributed by atoms with Gasteiger partial charge in [0.2, 0.25) is 16.0 Å². The number of fused-ring (bicyclic) bond motifs is 4. The molecule has 234 valence electrons. The van der Waals surface area contributed by atoms with Crippen LogP contribution < -0.4 is 20.1 Å². The van der Waals surface area contributed by atoms with Crippen molar-refractivity contribution in [3.05, 3.63) is 74.7 Å². The van der Waals surface area contributed by atoms with Gasteiger partial charge >= 0.3 is 0 Å². The minimum atomic E-state index is -3.90. The molecule has 0 unspecified atom stereocenters. The molecule has 13 heteroatoms. The number of methoxy groups -OCH3 is 1. The lowest BCUT2D eigenvalue weighted by atomic mass is 9.98. The van der Waals surface area contributed by atoms with Crippen molar-refractivity contribution in [3.8, 4) is 5.75 Å². The van der Waals surface area contributed by atoms with Gasteiger partial charge in [0.25, 0.3) is 5.91 Å². The summed E-state index contributed by atoms with van der Waals surface area (Å²) < 4.78 is 36.3. The second-order valence-electron chi connectivity index (χ2n) is 12.1. The molecule has 1 fully saturated rings. The Labute approximate surface area is 270 Å². The second kappa shape index (κ2) is 11.6. The average molecular weight is 665 g/mol. The van der Waals surface area contributed by atoms with E-state index in [4.69, 9.17) is 26.3 Å². The van der Waals surface area contributed by atoms with E-state index in [9.17, 15) is 13.2 Å². The molecule has 1 saturated carbocycles. The summed E-state index contributed by atoms with van der Waals surface area (Å²) in [6, 6.07) is 10.6. The number of H-pyrrole nitrogens is 1. The van der Waals surface area contributed by atoms with E-state index in [1.807, 2.05) is 44.2 Å². The second-order valence-corrected chi connectivity index (χ2v) is 15.3. The number of carbonyl (C=O) groups excluding carboxylic acids is 1. The summed E-state index contributed by atoms with van der Waals surface area (Å²) in [5, 5.41) is 9.69. The standard InChI is InChI=1S/C32H33ClN6O4S2/c1-16(2)13-35-45(41,42)27-11-19-25(36-31(40)21-15-44-30(33)29(21)43-3)12-26(39-32-37-22-6-4-5-7-23(22)38-32)28(19)20-14-34-24(10-18(20)27)17-8-9-17/h4-7,10-11,14-17,25-26,35H,8-9,12-13H2,1-3H3,(H,36,40)(H2,37,38,39)/t25-,26-/m0/s1. The molecule has 10 nitrogen and oxygen atoms in total. The number of nitrogens with zero attached hydrogens (tertiary/aromatic N) is 2. The molecule has 3 heterocycles. The van der Waals surface area contributed by atoms with E-state index in [1.54, 1.807) is 17.6 Å². The SMILES string of the molecule is COc1c(C(=O)N[C@H]2C[C@H](Nc3nc4ccccc4[nH]3)c3c2cc(S(=O)(=O)NCC(C)C)c2cc(C4CC4)ncc32)csc1Cl. The summed E-state index contributed by atoms with van der Waals surface area (Å²) in [5.41, 5.74) is 4.52. The fourth-order valence-corrected chi connectivity index (χ4v) is 8.54. The minimum Gasteiger partial charge on any atom is -0.493 e. The molecular weight excluding hydrogens is 632 g/mol. The average Bonchev–Trinajstić information content (AvgIpc) is 3.55. The number of imidazole rings is 1. The fourth-order valence-electron chi connectivity index (χ4n) is 6.04. The molecule has 1 amide bonds. The number of hydrogen-bond acceptors (Lipinski definition) is 8. The van der Waals surface area contributed by atoms with Crippen LogP contribution in [0, 0.1) is 5.92 Å². The number of pyridine rings is 1. The predicted octanol–water partition coefficient (Wildman–Crippen LogP) is 6.67. The Morgan fingerprint density at radius 2 is 1.98 bits per heavy atom. The Morgan fingerprint density at radius 1 is 1.18 bits per heavy atom. The van der Waals surface area contributed by atoms with Gasteiger partial charge in [0.05, 0.1) is 40.7 Å². The molecule has 0 bridgehead atoms. The highest BCUT2D eigenvalue weighted by Gasteiger charge is 2.38. The van der Waals surface area contributed by atoms with Crippen molar-refractivity contribution in [2.24, 2.45) is 5.92 Å². The molecule has 45 heavy (non-hydrogen) atoms. The van der Waals surface area contributed by atoms with Gasteiger partial charge in [0.15, 0.2) is 5.75 Å². The summed E-state index contributed by atoms with van der Waals surface area (Å²) >= 11 is 7.49. The third-order valence-corrected chi connectivity index (χ3v) is 11.0. The number of hydrogen-bond donors (Lipinski definition) is 4. The van der Waals surface area contributed by atoms with Crippen molar-refractivity contribution in [2.75, 3.05) is 19.0 Å². The van der Waals surface area contributed by atoms with Crippen molar-refractivity contribution >= 4 is 66.6 Å². The minimum absolute atomic E-state index is 0.126. The lowest BCUT2D eigenvalue weighted by molar-refractivity contribution is 0.0933. The van der Waals surface area contributed by atoms with Gasteiger partial charge in [-0.25, -0.2) is 18.1 Å². The van der Waals surface area contributed by atoms with Crippen molar-refractivity contribution in [2.45, 2.75) is 56.0 Å². The van der Waals surface area contributed by atoms with E-state index in [0.29, 0.717) is 51.4 Å². The molecule has 2 atom stereocenters. The zero-order chi connectivity index (χ0) is 31.5. The quantitative estimate of drug-likeness (QED) is 0.131. The number of thiophene rings is 1. The number of halogens is 1. The maximum absolute atomic E-state index is 13.9. The summed E-state index contributed by atoms with van der Waals surface area (Å²) in [6.45, 7) is 4.23. The van der Waals surface area contributed by atoms with Crippen LogP contribution in [0.25, 0.3) is 21.8 Å².